The van der Waals surface area contributed by atoms with Gasteiger partial charge in [0.1, 0.15) is 17.6 Å². The van der Waals surface area contributed by atoms with E-state index in [2.05, 4.69) is 15.5 Å². The van der Waals surface area contributed by atoms with Crippen molar-refractivity contribution in [1.29, 1.82) is 0 Å². The minimum Gasteiger partial charge on any atom is -0.484 e. The minimum absolute atomic E-state index is 0.0723. The van der Waals surface area contributed by atoms with Gasteiger partial charge in [-0.05, 0) is 39.3 Å². The Hall–Kier alpha value is -2.41. The summed E-state index contributed by atoms with van der Waals surface area (Å²) in [6, 6.07) is 3.66. The number of rotatable bonds is 5. The fourth-order valence-corrected chi connectivity index (χ4v) is 2.86. The molecule has 7 heteroatoms. The van der Waals surface area contributed by atoms with Crippen LogP contribution in [0.5, 0.6) is 5.75 Å². The molecule has 2 atom stereocenters. The van der Waals surface area contributed by atoms with Crippen molar-refractivity contribution in [2.24, 2.45) is 0 Å². The van der Waals surface area contributed by atoms with Gasteiger partial charge in [0.05, 0.1) is 31.0 Å². The molecular formula is C18H23N3O4. The molecule has 25 heavy (non-hydrogen) atoms. The number of pyridine rings is 1. The quantitative estimate of drug-likeness (QED) is 0.890. The summed E-state index contributed by atoms with van der Waals surface area (Å²) in [4.78, 5) is 16.7. The fraction of sp³-hybridized carbons (Fsp3) is 0.500. The van der Waals surface area contributed by atoms with Crippen molar-refractivity contribution in [2.75, 3.05) is 13.2 Å². The lowest BCUT2D eigenvalue weighted by molar-refractivity contribution is -0.123. The number of nitrogens with zero attached hydrogens (tertiary/aromatic N) is 2. The van der Waals surface area contributed by atoms with Crippen LogP contribution in [-0.4, -0.2) is 41.4 Å². The van der Waals surface area contributed by atoms with E-state index >= 15 is 0 Å². The fourth-order valence-electron chi connectivity index (χ4n) is 2.86. The number of carbonyl (C=O) groups excluding carboxylic acids is 1. The van der Waals surface area contributed by atoms with Gasteiger partial charge in [0.2, 0.25) is 5.91 Å². The average Bonchev–Trinajstić information content (AvgIpc) is 2.90. The first-order chi connectivity index (χ1) is 12.0. The molecule has 1 amide bonds. The number of amides is 1. The molecule has 134 valence electrons. The third-order valence-electron chi connectivity index (χ3n) is 4.34. The van der Waals surface area contributed by atoms with E-state index in [4.69, 9.17) is 14.0 Å². The zero-order chi connectivity index (χ0) is 17.8. The lowest BCUT2D eigenvalue weighted by Gasteiger charge is -2.32. The van der Waals surface area contributed by atoms with Crippen molar-refractivity contribution >= 4 is 5.91 Å². The number of hydrogen-bond acceptors (Lipinski definition) is 6. The summed E-state index contributed by atoms with van der Waals surface area (Å²) in [6.45, 7) is 6.61. The van der Waals surface area contributed by atoms with Crippen molar-refractivity contribution in [2.45, 2.75) is 45.8 Å². The summed E-state index contributed by atoms with van der Waals surface area (Å²) in [5.74, 6) is 1.28. The zero-order valence-electron chi connectivity index (χ0n) is 14.7. The second-order valence-corrected chi connectivity index (χ2v) is 6.31. The minimum atomic E-state index is -0.244. The Morgan fingerprint density at radius 3 is 2.88 bits per heavy atom. The van der Waals surface area contributed by atoms with E-state index in [1.54, 1.807) is 6.20 Å². The Bertz CT molecular complexity index is 707. The van der Waals surface area contributed by atoms with E-state index < -0.39 is 0 Å². The highest BCUT2D eigenvalue weighted by Gasteiger charge is 2.29. The van der Waals surface area contributed by atoms with Gasteiger partial charge in [-0.2, -0.15) is 0 Å². The molecule has 1 aliphatic rings. The van der Waals surface area contributed by atoms with Crippen LogP contribution in [0.25, 0.3) is 0 Å². The molecule has 0 saturated carbocycles. The molecule has 0 radical (unpaired) electrons. The molecule has 1 N–H and O–H groups in total. The summed E-state index contributed by atoms with van der Waals surface area (Å²) >= 11 is 0. The summed E-state index contributed by atoms with van der Waals surface area (Å²) in [5.41, 5.74) is 2.51. The monoisotopic (exact) mass is 345 g/mol. The Morgan fingerprint density at radius 2 is 2.20 bits per heavy atom. The number of carbonyl (C=O) groups is 1. The predicted molar refractivity (Wildman–Crippen MR) is 90.4 cm³/mol. The molecule has 2 aromatic rings. The van der Waals surface area contributed by atoms with Gasteiger partial charge in [0.25, 0.3) is 0 Å². The Kier molecular flexibility index (Phi) is 5.33. The molecule has 0 aliphatic carbocycles. The molecule has 0 unspecified atom stereocenters. The average molecular weight is 345 g/mol. The normalized spacial score (nSPS) is 20.3. The van der Waals surface area contributed by atoms with Gasteiger partial charge in [0.15, 0.2) is 0 Å². The molecule has 0 aromatic carbocycles. The molecular weight excluding hydrogens is 322 g/mol. The van der Waals surface area contributed by atoms with Crippen LogP contribution < -0.4 is 10.1 Å². The van der Waals surface area contributed by atoms with Crippen LogP contribution >= 0.6 is 0 Å². The molecule has 0 bridgehead atoms. The van der Waals surface area contributed by atoms with Gasteiger partial charge >= 0.3 is 0 Å². The van der Waals surface area contributed by atoms with Crippen LogP contribution in [0.4, 0.5) is 0 Å². The summed E-state index contributed by atoms with van der Waals surface area (Å²) < 4.78 is 16.6. The second-order valence-electron chi connectivity index (χ2n) is 6.31. The SMILES string of the molecule is Cc1ccc(O[C@@H]2COCC[C@@H]2NC(=O)Cc2c(C)noc2C)cn1. The van der Waals surface area contributed by atoms with Crippen molar-refractivity contribution in [1.82, 2.24) is 15.5 Å². The topological polar surface area (TPSA) is 86.5 Å². The Labute approximate surface area is 146 Å². The number of hydrogen-bond donors (Lipinski definition) is 1. The third-order valence-corrected chi connectivity index (χ3v) is 4.34. The maximum absolute atomic E-state index is 12.4. The second kappa shape index (κ2) is 7.65. The van der Waals surface area contributed by atoms with Crippen molar-refractivity contribution in [3.8, 4) is 5.75 Å². The smallest absolute Gasteiger partial charge is 0.224 e. The van der Waals surface area contributed by atoms with Gasteiger partial charge in [-0.15, -0.1) is 0 Å². The van der Waals surface area contributed by atoms with E-state index in [0.717, 1.165) is 17.0 Å². The molecule has 7 nitrogen and oxygen atoms in total. The van der Waals surface area contributed by atoms with E-state index in [0.29, 0.717) is 31.1 Å². The summed E-state index contributed by atoms with van der Waals surface area (Å²) in [6.07, 6.45) is 2.40. The van der Waals surface area contributed by atoms with Crippen LogP contribution in [0.15, 0.2) is 22.9 Å². The molecule has 3 rings (SSSR count). The zero-order valence-corrected chi connectivity index (χ0v) is 14.7. The third kappa shape index (κ3) is 4.36. The van der Waals surface area contributed by atoms with E-state index in [1.807, 2.05) is 32.9 Å². The molecule has 1 fully saturated rings. The molecule has 3 heterocycles. The van der Waals surface area contributed by atoms with Crippen molar-refractivity contribution in [3.63, 3.8) is 0 Å². The maximum Gasteiger partial charge on any atom is 0.224 e. The van der Waals surface area contributed by atoms with Crippen LogP contribution in [0.3, 0.4) is 0 Å². The van der Waals surface area contributed by atoms with Gasteiger partial charge < -0.3 is 19.3 Å². The summed E-state index contributed by atoms with van der Waals surface area (Å²) in [5, 5.41) is 6.95. The van der Waals surface area contributed by atoms with E-state index in [9.17, 15) is 4.79 Å². The first-order valence-electron chi connectivity index (χ1n) is 8.41. The lowest BCUT2D eigenvalue weighted by atomic mass is 10.0. The highest BCUT2D eigenvalue weighted by Crippen LogP contribution is 2.18. The maximum atomic E-state index is 12.4. The predicted octanol–water partition coefficient (Wildman–Crippen LogP) is 1.89. The Morgan fingerprint density at radius 1 is 1.36 bits per heavy atom. The van der Waals surface area contributed by atoms with E-state index in [1.165, 1.54) is 0 Å². The van der Waals surface area contributed by atoms with Gasteiger partial charge in [-0.25, -0.2) is 0 Å². The van der Waals surface area contributed by atoms with Crippen LogP contribution in [0.1, 0.15) is 29.1 Å². The van der Waals surface area contributed by atoms with Crippen molar-refractivity contribution < 1.29 is 18.8 Å². The van der Waals surface area contributed by atoms with Crippen molar-refractivity contribution in [3.05, 3.63) is 41.0 Å². The Balaban J connectivity index is 1.62. The van der Waals surface area contributed by atoms with Crippen LogP contribution in [0, 0.1) is 20.8 Å². The van der Waals surface area contributed by atoms with Gasteiger partial charge in [-0.3, -0.25) is 9.78 Å². The highest BCUT2D eigenvalue weighted by atomic mass is 16.5. The first kappa shape index (κ1) is 17.4. The molecule has 1 aliphatic heterocycles. The van der Waals surface area contributed by atoms with Gasteiger partial charge in [-0.1, -0.05) is 5.16 Å². The van der Waals surface area contributed by atoms with Crippen LogP contribution in [-0.2, 0) is 16.0 Å². The lowest BCUT2D eigenvalue weighted by Crippen LogP contribution is -2.51. The van der Waals surface area contributed by atoms with Crippen LogP contribution in [0.2, 0.25) is 0 Å². The number of aryl methyl sites for hydroxylation is 3. The summed E-state index contributed by atoms with van der Waals surface area (Å²) in [7, 11) is 0. The molecule has 2 aromatic heterocycles. The number of nitrogens with one attached hydrogen (secondary N) is 1. The molecule has 0 spiro atoms. The van der Waals surface area contributed by atoms with Gasteiger partial charge in [0, 0.05) is 17.9 Å². The standard InChI is InChI=1S/C18H23N3O4/c1-11-4-5-14(9-19-11)24-17-10-23-7-6-16(17)20-18(22)8-15-12(2)21-25-13(15)3/h4-5,9,16-17H,6-8,10H2,1-3H3,(H,20,22)/t16-,17+/m0/s1. The number of ether oxygens (including phenoxy) is 2. The first-order valence-corrected chi connectivity index (χ1v) is 8.41. The van der Waals surface area contributed by atoms with E-state index in [-0.39, 0.29) is 24.5 Å². The molecule has 1 saturated heterocycles. The number of aromatic nitrogens is 2. The highest BCUT2D eigenvalue weighted by molar-refractivity contribution is 5.79. The largest absolute Gasteiger partial charge is 0.484 e.